The Balaban J connectivity index is 1.35. The van der Waals surface area contributed by atoms with Crippen molar-refractivity contribution in [1.29, 1.82) is 0 Å². The molecular formula is C42H37NO5. The van der Waals surface area contributed by atoms with Gasteiger partial charge in [-0.1, -0.05) is 109 Å². The SMILES string of the molecule is Nc1c2cccc1Cc1cccc(c1O)Cc1cccc(c1O)Cc1cccc(c1O)Cc1cccc(c1O)Cc1cccc(c1O)C2. The molecule has 0 amide bonds. The number of anilines is 1. The topological polar surface area (TPSA) is 127 Å². The first-order chi connectivity index (χ1) is 23.3. The van der Waals surface area contributed by atoms with Crippen LogP contribution in [0.5, 0.6) is 28.7 Å². The Morgan fingerprint density at radius 3 is 0.604 bits per heavy atom. The predicted octanol–water partition coefficient (Wildman–Crippen LogP) is 7.66. The average molecular weight is 636 g/mol. The Kier molecular flexibility index (Phi) is 8.15. The van der Waals surface area contributed by atoms with Crippen molar-refractivity contribution in [3.05, 3.63) is 176 Å². The van der Waals surface area contributed by atoms with Crippen LogP contribution in [-0.4, -0.2) is 25.5 Å². The molecule has 1 aliphatic carbocycles. The quantitative estimate of drug-likeness (QED) is 0.0951. The molecule has 0 heterocycles. The Bertz CT molecular complexity index is 1650. The van der Waals surface area contributed by atoms with E-state index >= 15 is 0 Å². The van der Waals surface area contributed by atoms with Gasteiger partial charge in [0.1, 0.15) is 28.7 Å². The van der Waals surface area contributed by atoms with Crippen molar-refractivity contribution in [2.75, 3.05) is 5.73 Å². The first kappa shape index (κ1) is 30.8. The van der Waals surface area contributed by atoms with E-state index in [1.165, 1.54) is 0 Å². The maximum absolute atomic E-state index is 11.4. The van der Waals surface area contributed by atoms with Crippen LogP contribution in [0.1, 0.15) is 66.8 Å². The maximum atomic E-state index is 11.4. The standard InChI is InChI=1S/C42H37NO5/c43-37-25-7-1-8-26(37)20-28-10-3-12-30(39(28)45)22-32-14-5-16-34(41(32)47)24-36-18-6-17-35(42(36)48)23-33-15-4-13-31(40(33)46)21-29-11-2-9-27(19-25)38(29)44/h1-18,44-48H,19-24,43H2. The summed E-state index contributed by atoms with van der Waals surface area (Å²) in [5.74, 6) is 0.665. The second-order valence-corrected chi connectivity index (χ2v) is 12.7. The lowest BCUT2D eigenvalue weighted by Gasteiger charge is -2.17. The van der Waals surface area contributed by atoms with Crippen LogP contribution in [0.2, 0.25) is 0 Å². The average Bonchev–Trinajstić information content (AvgIpc) is 3.07. The molecule has 0 saturated carbocycles. The van der Waals surface area contributed by atoms with Gasteiger partial charge in [-0.05, 0) is 66.8 Å². The Labute approximate surface area is 279 Å². The predicted molar refractivity (Wildman–Crippen MR) is 188 cm³/mol. The van der Waals surface area contributed by atoms with E-state index in [9.17, 15) is 25.5 Å². The molecule has 0 radical (unpaired) electrons. The van der Waals surface area contributed by atoms with Gasteiger partial charge >= 0.3 is 0 Å². The minimum Gasteiger partial charge on any atom is -0.507 e. The fraction of sp³-hybridized carbons (Fsp3) is 0.143. The van der Waals surface area contributed by atoms with Crippen LogP contribution in [0.4, 0.5) is 5.69 Å². The zero-order valence-corrected chi connectivity index (χ0v) is 26.4. The summed E-state index contributed by atoms with van der Waals surface area (Å²) >= 11 is 0. The summed E-state index contributed by atoms with van der Waals surface area (Å²) in [6.45, 7) is 0. The number of hydrogen-bond acceptors (Lipinski definition) is 6. The third-order valence-corrected chi connectivity index (χ3v) is 9.59. The first-order valence-corrected chi connectivity index (χ1v) is 16.1. The highest BCUT2D eigenvalue weighted by atomic mass is 16.3. The van der Waals surface area contributed by atoms with Crippen molar-refractivity contribution in [3.8, 4) is 28.7 Å². The third kappa shape index (κ3) is 5.89. The van der Waals surface area contributed by atoms with Gasteiger partial charge in [-0.25, -0.2) is 0 Å². The van der Waals surface area contributed by atoms with Gasteiger partial charge in [-0.15, -0.1) is 0 Å². The zero-order valence-electron chi connectivity index (χ0n) is 26.4. The summed E-state index contributed by atoms with van der Waals surface area (Å²) in [5.41, 5.74) is 15.8. The summed E-state index contributed by atoms with van der Waals surface area (Å²) in [4.78, 5) is 0. The number of nitrogen functional groups attached to an aromatic ring is 1. The number of phenols is 5. The van der Waals surface area contributed by atoms with Crippen molar-refractivity contribution < 1.29 is 25.5 Å². The normalized spacial score (nSPS) is 13.0. The van der Waals surface area contributed by atoms with Crippen molar-refractivity contribution in [2.24, 2.45) is 0 Å². The van der Waals surface area contributed by atoms with E-state index in [0.29, 0.717) is 88.7 Å². The summed E-state index contributed by atoms with van der Waals surface area (Å²) in [6.07, 6.45) is 2.02. The number of phenolic OH excluding ortho intramolecular Hbond substituents is 5. The Morgan fingerprint density at radius 2 is 0.417 bits per heavy atom. The summed E-state index contributed by atoms with van der Waals surface area (Å²) in [6, 6.07) is 33.7. The first-order valence-electron chi connectivity index (χ1n) is 16.1. The molecule has 7 rings (SSSR count). The van der Waals surface area contributed by atoms with Crippen LogP contribution in [0.15, 0.2) is 109 Å². The van der Waals surface area contributed by atoms with Gasteiger partial charge in [0.15, 0.2) is 0 Å². The van der Waals surface area contributed by atoms with Gasteiger partial charge in [0.25, 0.3) is 0 Å². The molecule has 0 fully saturated rings. The lowest BCUT2D eigenvalue weighted by atomic mass is 9.91. The molecular weight excluding hydrogens is 598 g/mol. The zero-order chi connectivity index (χ0) is 33.4. The molecule has 6 aromatic rings. The van der Waals surface area contributed by atoms with Gasteiger partial charge in [0.05, 0.1) is 0 Å². The molecule has 0 aliphatic heterocycles. The molecule has 0 unspecified atom stereocenters. The van der Waals surface area contributed by atoms with Crippen LogP contribution in [0, 0.1) is 0 Å². The molecule has 1 aliphatic rings. The minimum atomic E-state index is 0.111. The van der Waals surface area contributed by atoms with Gasteiger partial charge in [-0.3, -0.25) is 0 Å². The van der Waals surface area contributed by atoms with E-state index in [1.807, 2.05) is 109 Å². The molecule has 0 aromatic heterocycles. The Morgan fingerprint density at radius 1 is 0.271 bits per heavy atom. The van der Waals surface area contributed by atoms with Crippen molar-refractivity contribution in [3.63, 3.8) is 0 Å². The van der Waals surface area contributed by atoms with E-state index in [0.717, 1.165) is 22.3 Å². The molecule has 6 aromatic carbocycles. The maximum Gasteiger partial charge on any atom is 0.122 e. The molecule has 6 heteroatoms. The lowest BCUT2D eigenvalue weighted by Crippen LogP contribution is -2.03. The number of benzene rings is 6. The van der Waals surface area contributed by atoms with Crippen LogP contribution < -0.4 is 5.73 Å². The fourth-order valence-electron chi connectivity index (χ4n) is 6.85. The van der Waals surface area contributed by atoms with Crippen LogP contribution >= 0.6 is 0 Å². The van der Waals surface area contributed by atoms with E-state index in [4.69, 9.17) is 5.73 Å². The lowest BCUT2D eigenvalue weighted by molar-refractivity contribution is 0.453. The van der Waals surface area contributed by atoms with E-state index in [2.05, 4.69) is 0 Å². The fourth-order valence-corrected chi connectivity index (χ4v) is 6.85. The number of nitrogens with two attached hydrogens (primary N) is 1. The molecule has 0 saturated heterocycles. The third-order valence-electron chi connectivity index (χ3n) is 9.59. The van der Waals surface area contributed by atoms with Crippen LogP contribution in [-0.2, 0) is 38.5 Å². The molecule has 12 bridgehead atoms. The molecule has 7 N–H and O–H groups in total. The van der Waals surface area contributed by atoms with Crippen molar-refractivity contribution in [2.45, 2.75) is 38.5 Å². The molecule has 6 nitrogen and oxygen atoms in total. The van der Waals surface area contributed by atoms with Crippen molar-refractivity contribution >= 4 is 5.69 Å². The second kappa shape index (κ2) is 12.7. The van der Waals surface area contributed by atoms with E-state index < -0.39 is 0 Å². The van der Waals surface area contributed by atoms with Crippen LogP contribution in [0.3, 0.4) is 0 Å². The summed E-state index contributed by atoms with van der Waals surface area (Å²) < 4.78 is 0. The van der Waals surface area contributed by atoms with Gasteiger partial charge in [-0.2, -0.15) is 0 Å². The summed E-state index contributed by atoms with van der Waals surface area (Å²) in [7, 11) is 0. The molecule has 240 valence electrons. The van der Waals surface area contributed by atoms with Crippen LogP contribution in [0.25, 0.3) is 0 Å². The summed E-state index contributed by atoms with van der Waals surface area (Å²) in [5, 5.41) is 56.9. The van der Waals surface area contributed by atoms with Crippen molar-refractivity contribution in [1.82, 2.24) is 0 Å². The van der Waals surface area contributed by atoms with E-state index in [-0.39, 0.29) is 28.7 Å². The number of para-hydroxylation sites is 6. The van der Waals surface area contributed by atoms with Gasteiger partial charge in [0.2, 0.25) is 0 Å². The molecule has 0 spiro atoms. The number of rotatable bonds is 0. The smallest absolute Gasteiger partial charge is 0.122 e. The van der Waals surface area contributed by atoms with Gasteiger partial charge in [0, 0.05) is 44.2 Å². The highest BCUT2D eigenvalue weighted by molar-refractivity contribution is 5.60. The van der Waals surface area contributed by atoms with Gasteiger partial charge < -0.3 is 31.3 Å². The van der Waals surface area contributed by atoms with E-state index in [1.54, 1.807) is 0 Å². The Hall–Kier alpha value is -5.88. The minimum absolute atomic E-state index is 0.111. The number of hydrogen-bond donors (Lipinski definition) is 6. The molecule has 48 heavy (non-hydrogen) atoms. The number of aromatic hydroxyl groups is 5. The monoisotopic (exact) mass is 635 g/mol. The highest BCUT2D eigenvalue weighted by Crippen LogP contribution is 2.37. The highest BCUT2D eigenvalue weighted by Gasteiger charge is 2.19. The molecule has 0 atom stereocenters. The number of fused-ring (bicyclic) bond motifs is 12. The second-order valence-electron chi connectivity index (χ2n) is 12.7. The largest absolute Gasteiger partial charge is 0.507 e.